The number of carbonyl (C=O) groups excluding carboxylic acids is 2. The molecule has 1 saturated heterocycles. The predicted molar refractivity (Wildman–Crippen MR) is 101 cm³/mol. The molecule has 27 heavy (non-hydrogen) atoms. The molecule has 6 heteroatoms. The van der Waals surface area contributed by atoms with Crippen molar-refractivity contribution in [1.29, 1.82) is 0 Å². The normalized spacial score (nSPS) is 16.4. The van der Waals surface area contributed by atoms with Gasteiger partial charge in [-0.05, 0) is 30.2 Å². The maximum Gasteiger partial charge on any atom is 0.225 e. The zero-order valence-corrected chi connectivity index (χ0v) is 15.6. The van der Waals surface area contributed by atoms with Gasteiger partial charge in [-0.15, -0.1) is 0 Å². The van der Waals surface area contributed by atoms with Crippen molar-refractivity contribution in [3.63, 3.8) is 0 Å². The third-order valence-corrected chi connectivity index (χ3v) is 4.79. The monoisotopic (exact) mass is 368 g/mol. The predicted octanol–water partition coefficient (Wildman–Crippen LogP) is 2.37. The number of carbonyl (C=O) groups is 2. The van der Waals surface area contributed by atoms with Gasteiger partial charge in [-0.1, -0.05) is 35.9 Å². The van der Waals surface area contributed by atoms with E-state index in [4.69, 9.17) is 4.74 Å². The first-order valence-electron chi connectivity index (χ1n) is 8.93. The highest BCUT2D eigenvalue weighted by atomic mass is 16.5. The molecule has 142 valence electrons. The zero-order chi connectivity index (χ0) is 19.4. The van der Waals surface area contributed by atoms with Gasteiger partial charge in [-0.3, -0.25) is 9.59 Å². The number of amides is 2. The minimum Gasteiger partial charge on any atom is -0.504 e. The Morgan fingerprint density at radius 2 is 1.93 bits per heavy atom. The van der Waals surface area contributed by atoms with Crippen LogP contribution in [-0.4, -0.2) is 35.5 Å². The fourth-order valence-electron chi connectivity index (χ4n) is 3.18. The molecule has 1 atom stereocenters. The number of nitrogens with one attached hydrogen (secondary N) is 1. The topological polar surface area (TPSA) is 78.9 Å². The van der Waals surface area contributed by atoms with E-state index in [9.17, 15) is 14.7 Å². The molecule has 1 aliphatic heterocycles. The number of phenols is 1. The van der Waals surface area contributed by atoms with Gasteiger partial charge in [0.1, 0.15) is 0 Å². The summed E-state index contributed by atoms with van der Waals surface area (Å²) >= 11 is 0. The van der Waals surface area contributed by atoms with E-state index in [-0.39, 0.29) is 29.9 Å². The quantitative estimate of drug-likeness (QED) is 0.821. The maximum atomic E-state index is 12.5. The van der Waals surface area contributed by atoms with Crippen molar-refractivity contribution in [2.45, 2.75) is 26.4 Å². The lowest BCUT2D eigenvalue weighted by atomic mass is 10.1. The van der Waals surface area contributed by atoms with Gasteiger partial charge in [-0.25, -0.2) is 0 Å². The van der Waals surface area contributed by atoms with Crippen molar-refractivity contribution in [2.24, 2.45) is 5.92 Å². The third-order valence-electron chi connectivity index (χ3n) is 4.79. The molecular weight excluding hydrogens is 344 g/mol. The highest BCUT2D eigenvalue weighted by Crippen LogP contribution is 2.26. The Morgan fingerprint density at radius 1 is 1.22 bits per heavy atom. The van der Waals surface area contributed by atoms with Gasteiger partial charge in [0, 0.05) is 26.1 Å². The molecule has 3 rings (SSSR count). The number of aryl methyl sites for hydroxylation is 1. The van der Waals surface area contributed by atoms with Crippen LogP contribution in [0.4, 0.5) is 0 Å². The fraction of sp³-hybridized carbons (Fsp3) is 0.333. The number of nitrogens with zero attached hydrogens (tertiary/aromatic N) is 1. The molecule has 0 unspecified atom stereocenters. The van der Waals surface area contributed by atoms with Crippen LogP contribution in [0.1, 0.15) is 23.1 Å². The summed E-state index contributed by atoms with van der Waals surface area (Å²) in [5.41, 5.74) is 3.06. The Kier molecular flexibility index (Phi) is 5.64. The smallest absolute Gasteiger partial charge is 0.225 e. The number of hydrogen-bond donors (Lipinski definition) is 2. The van der Waals surface area contributed by atoms with Gasteiger partial charge < -0.3 is 20.1 Å². The largest absolute Gasteiger partial charge is 0.504 e. The maximum absolute atomic E-state index is 12.5. The van der Waals surface area contributed by atoms with Crippen LogP contribution in [0, 0.1) is 12.8 Å². The molecule has 2 aromatic rings. The number of ether oxygens (including phenoxy) is 1. The van der Waals surface area contributed by atoms with E-state index in [1.807, 2.05) is 31.2 Å². The molecule has 0 spiro atoms. The summed E-state index contributed by atoms with van der Waals surface area (Å²) in [4.78, 5) is 26.4. The lowest BCUT2D eigenvalue weighted by Crippen LogP contribution is -2.32. The van der Waals surface area contributed by atoms with Gasteiger partial charge in [-0.2, -0.15) is 0 Å². The van der Waals surface area contributed by atoms with E-state index < -0.39 is 0 Å². The van der Waals surface area contributed by atoms with E-state index in [0.29, 0.717) is 25.4 Å². The Balaban J connectivity index is 1.55. The second-order valence-corrected chi connectivity index (χ2v) is 6.88. The first kappa shape index (κ1) is 18.8. The molecule has 0 saturated carbocycles. The lowest BCUT2D eigenvalue weighted by Gasteiger charge is -2.17. The number of hydrogen-bond acceptors (Lipinski definition) is 4. The van der Waals surface area contributed by atoms with Crippen LogP contribution in [-0.2, 0) is 22.7 Å². The molecular formula is C21H24N2O4. The summed E-state index contributed by atoms with van der Waals surface area (Å²) in [5, 5.41) is 12.5. The summed E-state index contributed by atoms with van der Waals surface area (Å²) in [6.45, 7) is 3.29. The molecule has 2 amide bonds. The van der Waals surface area contributed by atoms with Crippen molar-refractivity contribution in [2.75, 3.05) is 13.7 Å². The minimum absolute atomic E-state index is 0.00188. The number of rotatable bonds is 6. The summed E-state index contributed by atoms with van der Waals surface area (Å²) in [5.74, 6) is -0.0615. The molecule has 2 N–H and O–H groups in total. The van der Waals surface area contributed by atoms with E-state index in [1.54, 1.807) is 17.0 Å². The molecule has 1 aliphatic rings. The number of aromatic hydroxyl groups is 1. The highest BCUT2D eigenvalue weighted by Gasteiger charge is 2.34. The standard InChI is InChI=1S/C21H24N2O4/c1-14-3-5-15(6-4-14)12-23-13-17(10-20(23)25)21(26)22-11-16-7-8-18(24)19(9-16)27-2/h3-9,17,24H,10-13H2,1-2H3,(H,22,26)/t17-/m0/s1. The van der Waals surface area contributed by atoms with Crippen molar-refractivity contribution in [3.05, 3.63) is 59.2 Å². The van der Waals surface area contributed by atoms with Crippen LogP contribution in [0.5, 0.6) is 11.5 Å². The van der Waals surface area contributed by atoms with Crippen molar-refractivity contribution < 1.29 is 19.4 Å². The van der Waals surface area contributed by atoms with Gasteiger partial charge in [0.15, 0.2) is 11.5 Å². The number of phenolic OH excluding ortho intramolecular Hbond substituents is 1. The molecule has 2 aromatic carbocycles. The summed E-state index contributed by atoms with van der Waals surface area (Å²) in [6.07, 6.45) is 0.233. The van der Waals surface area contributed by atoms with Crippen LogP contribution in [0.25, 0.3) is 0 Å². The van der Waals surface area contributed by atoms with Crippen LogP contribution < -0.4 is 10.1 Å². The van der Waals surface area contributed by atoms with Gasteiger partial charge in [0.25, 0.3) is 0 Å². The molecule has 6 nitrogen and oxygen atoms in total. The number of methoxy groups -OCH3 is 1. The van der Waals surface area contributed by atoms with Gasteiger partial charge >= 0.3 is 0 Å². The Morgan fingerprint density at radius 3 is 2.63 bits per heavy atom. The van der Waals surface area contributed by atoms with Crippen LogP contribution in [0.2, 0.25) is 0 Å². The molecule has 0 aromatic heterocycles. The average molecular weight is 368 g/mol. The summed E-state index contributed by atoms with van der Waals surface area (Å²) in [6, 6.07) is 13.0. The second-order valence-electron chi connectivity index (χ2n) is 6.88. The first-order chi connectivity index (χ1) is 13.0. The van der Waals surface area contributed by atoms with Crippen LogP contribution in [0.15, 0.2) is 42.5 Å². The molecule has 1 heterocycles. The van der Waals surface area contributed by atoms with Gasteiger partial charge in [0.2, 0.25) is 11.8 Å². The van der Waals surface area contributed by atoms with Crippen molar-refractivity contribution in [3.8, 4) is 11.5 Å². The Labute approximate surface area is 158 Å². The van der Waals surface area contributed by atoms with E-state index in [2.05, 4.69) is 5.32 Å². The van der Waals surface area contributed by atoms with E-state index in [1.165, 1.54) is 18.7 Å². The molecule has 0 radical (unpaired) electrons. The minimum atomic E-state index is -0.345. The Hall–Kier alpha value is -3.02. The SMILES string of the molecule is COc1cc(CNC(=O)[C@H]2CC(=O)N(Cc3ccc(C)cc3)C2)ccc1O. The molecule has 0 aliphatic carbocycles. The highest BCUT2D eigenvalue weighted by molar-refractivity contribution is 5.89. The molecule has 1 fully saturated rings. The lowest BCUT2D eigenvalue weighted by molar-refractivity contribution is -0.129. The number of benzene rings is 2. The first-order valence-corrected chi connectivity index (χ1v) is 8.93. The second kappa shape index (κ2) is 8.12. The fourth-order valence-corrected chi connectivity index (χ4v) is 3.18. The summed E-state index contributed by atoms with van der Waals surface area (Å²) in [7, 11) is 1.48. The van der Waals surface area contributed by atoms with Crippen molar-refractivity contribution in [1.82, 2.24) is 10.2 Å². The van der Waals surface area contributed by atoms with E-state index >= 15 is 0 Å². The van der Waals surface area contributed by atoms with Crippen LogP contribution >= 0.6 is 0 Å². The zero-order valence-electron chi connectivity index (χ0n) is 15.6. The van der Waals surface area contributed by atoms with Crippen LogP contribution in [0.3, 0.4) is 0 Å². The van der Waals surface area contributed by atoms with Crippen molar-refractivity contribution >= 4 is 11.8 Å². The number of likely N-dealkylation sites (tertiary alicyclic amines) is 1. The average Bonchev–Trinajstić information content (AvgIpc) is 3.03. The molecule has 0 bridgehead atoms. The van der Waals surface area contributed by atoms with Gasteiger partial charge in [0.05, 0.1) is 13.0 Å². The van der Waals surface area contributed by atoms with E-state index in [0.717, 1.165) is 11.1 Å². The summed E-state index contributed by atoms with van der Waals surface area (Å²) < 4.78 is 5.07. The third kappa shape index (κ3) is 4.58. The Bertz CT molecular complexity index is 833.